The van der Waals surface area contributed by atoms with Crippen molar-refractivity contribution >= 4 is 12.3 Å². The maximum absolute atomic E-state index is 10.8. The van der Waals surface area contributed by atoms with E-state index in [1.165, 1.54) is 7.11 Å². The SMILES string of the molecule is CCCC(C)(C=O)CCC(=O)OC. The molecule has 0 saturated carbocycles. The van der Waals surface area contributed by atoms with E-state index in [0.717, 1.165) is 19.1 Å². The van der Waals surface area contributed by atoms with Crippen LogP contribution in [0.4, 0.5) is 0 Å². The molecule has 13 heavy (non-hydrogen) atoms. The summed E-state index contributed by atoms with van der Waals surface area (Å²) in [5.74, 6) is -0.246. The standard InChI is InChI=1S/C10H18O3/c1-4-6-10(2,8-11)7-5-9(12)13-3/h8H,4-7H2,1-3H3. The molecule has 0 saturated heterocycles. The van der Waals surface area contributed by atoms with Crippen molar-refractivity contribution in [3.63, 3.8) is 0 Å². The molecular formula is C10H18O3. The van der Waals surface area contributed by atoms with Crippen LogP contribution in [-0.2, 0) is 14.3 Å². The van der Waals surface area contributed by atoms with Gasteiger partial charge in [0.2, 0.25) is 0 Å². The minimum absolute atomic E-state index is 0.246. The molecule has 0 aliphatic rings. The first kappa shape index (κ1) is 12.1. The Morgan fingerprint density at radius 3 is 2.46 bits per heavy atom. The summed E-state index contributed by atoms with van der Waals surface area (Å²) in [6.45, 7) is 3.91. The van der Waals surface area contributed by atoms with Crippen molar-refractivity contribution in [1.82, 2.24) is 0 Å². The molecule has 1 unspecified atom stereocenters. The normalized spacial score (nSPS) is 14.7. The Balaban J connectivity index is 3.96. The lowest BCUT2D eigenvalue weighted by Crippen LogP contribution is -2.19. The van der Waals surface area contributed by atoms with Crippen molar-refractivity contribution in [3.05, 3.63) is 0 Å². The van der Waals surface area contributed by atoms with Crippen LogP contribution in [0.25, 0.3) is 0 Å². The summed E-state index contributed by atoms with van der Waals surface area (Å²) >= 11 is 0. The monoisotopic (exact) mass is 186 g/mol. The molecule has 3 heteroatoms. The highest BCUT2D eigenvalue weighted by molar-refractivity contribution is 5.70. The summed E-state index contributed by atoms with van der Waals surface area (Å²) in [4.78, 5) is 21.6. The van der Waals surface area contributed by atoms with E-state index in [1.807, 2.05) is 13.8 Å². The van der Waals surface area contributed by atoms with Gasteiger partial charge in [-0.15, -0.1) is 0 Å². The zero-order valence-corrected chi connectivity index (χ0v) is 8.63. The summed E-state index contributed by atoms with van der Waals surface area (Å²) < 4.78 is 4.51. The van der Waals surface area contributed by atoms with Gasteiger partial charge in [-0.25, -0.2) is 0 Å². The number of ether oxygens (including phenoxy) is 1. The first-order valence-electron chi connectivity index (χ1n) is 4.61. The third kappa shape index (κ3) is 4.65. The lowest BCUT2D eigenvalue weighted by molar-refractivity contribution is -0.141. The molecule has 0 radical (unpaired) electrons. The van der Waals surface area contributed by atoms with Crippen molar-refractivity contribution in [2.45, 2.75) is 39.5 Å². The Morgan fingerprint density at radius 2 is 2.08 bits per heavy atom. The number of esters is 1. The van der Waals surface area contributed by atoms with Gasteiger partial charge in [-0.2, -0.15) is 0 Å². The Morgan fingerprint density at radius 1 is 1.46 bits per heavy atom. The number of rotatable bonds is 6. The molecule has 0 aliphatic heterocycles. The van der Waals surface area contributed by atoms with E-state index < -0.39 is 0 Å². The van der Waals surface area contributed by atoms with Gasteiger partial charge in [0.05, 0.1) is 7.11 Å². The first-order valence-corrected chi connectivity index (χ1v) is 4.61. The maximum Gasteiger partial charge on any atom is 0.305 e. The zero-order chi connectivity index (χ0) is 10.3. The van der Waals surface area contributed by atoms with E-state index >= 15 is 0 Å². The molecular weight excluding hydrogens is 168 g/mol. The van der Waals surface area contributed by atoms with Crippen molar-refractivity contribution in [2.24, 2.45) is 5.41 Å². The highest BCUT2D eigenvalue weighted by Crippen LogP contribution is 2.26. The molecule has 0 bridgehead atoms. The molecule has 0 heterocycles. The molecule has 0 aromatic rings. The van der Waals surface area contributed by atoms with Gasteiger partial charge in [0.25, 0.3) is 0 Å². The van der Waals surface area contributed by atoms with Gasteiger partial charge in [-0.3, -0.25) is 4.79 Å². The average molecular weight is 186 g/mol. The fourth-order valence-electron chi connectivity index (χ4n) is 1.30. The molecule has 76 valence electrons. The van der Waals surface area contributed by atoms with Crippen LogP contribution in [0.15, 0.2) is 0 Å². The Kier molecular flexibility index (Phi) is 5.35. The fourth-order valence-corrected chi connectivity index (χ4v) is 1.30. The molecule has 0 fully saturated rings. The smallest absolute Gasteiger partial charge is 0.305 e. The Bertz CT molecular complexity index is 177. The molecule has 0 aromatic heterocycles. The number of methoxy groups -OCH3 is 1. The second kappa shape index (κ2) is 5.73. The van der Waals surface area contributed by atoms with Crippen LogP contribution in [-0.4, -0.2) is 19.4 Å². The molecule has 3 nitrogen and oxygen atoms in total. The topological polar surface area (TPSA) is 43.4 Å². The van der Waals surface area contributed by atoms with Crippen molar-refractivity contribution < 1.29 is 14.3 Å². The third-order valence-electron chi connectivity index (χ3n) is 2.23. The molecule has 0 rings (SSSR count). The number of carbonyl (C=O) groups excluding carboxylic acids is 2. The van der Waals surface area contributed by atoms with Crippen LogP contribution < -0.4 is 0 Å². The molecule has 1 atom stereocenters. The second-order valence-corrected chi connectivity index (χ2v) is 3.60. The highest BCUT2D eigenvalue weighted by Gasteiger charge is 2.23. The van der Waals surface area contributed by atoms with Crippen LogP contribution in [0.1, 0.15) is 39.5 Å². The minimum atomic E-state index is -0.358. The van der Waals surface area contributed by atoms with Crippen LogP contribution in [0, 0.1) is 5.41 Å². The zero-order valence-electron chi connectivity index (χ0n) is 8.63. The van der Waals surface area contributed by atoms with Gasteiger partial charge in [-0.05, 0) is 12.8 Å². The first-order chi connectivity index (χ1) is 6.08. The predicted octanol–water partition coefficient (Wildman–Crippen LogP) is 1.94. The van der Waals surface area contributed by atoms with E-state index in [9.17, 15) is 9.59 Å². The van der Waals surface area contributed by atoms with E-state index in [4.69, 9.17) is 0 Å². The van der Waals surface area contributed by atoms with Gasteiger partial charge in [0.1, 0.15) is 6.29 Å². The van der Waals surface area contributed by atoms with Gasteiger partial charge >= 0.3 is 5.97 Å². The number of carbonyl (C=O) groups is 2. The number of aldehydes is 1. The van der Waals surface area contributed by atoms with Gasteiger partial charge < -0.3 is 9.53 Å². The minimum Gasteiger partial charge on any atom is -0.469 e. The second-order valence-electron chi connectivity index (χ2n) is 3.60. The van der Waals surface area contributed by atoms with Crippen molar-refractivity contribution in [3.8, 4) is 0 Å². The van der Waals surface area contributed by atoms with Crippen LogP contribution in [0.2, 0.25) is 0 Å². The lowest BCUT2D eigenvalue weighted by atomic mass is 9.83. The molecule has 0 amide bonds. The van der Waals surface area contributed by atoms with Gasteiger partial charge in [-0.1, -0.05) is 20.3 Å². The Hall–Kier alpha value is -0.860. The summed E-state index contributed by atoms with van der Waals surface area (Å²) in [6, 6.07) is 0. The van der Waals surface area contributed by atoms with E-state index in [1.54, 1.807) is 0 Å². The molecule has 0 aliphatic carbocycles. The average Bonchev–Trinajstić information content (AvgIpc) is 2.15. The molecule has 0 spiro atoms. The summed E-state index contributed by atoms with van der Waals surface area (Å²) in [6.07, 6.45) is 3.63. The summed E-state index contributed by atoms with van der Waals surface area (Å²) in [5, 5.41) is 0. The van der Waals surface area contributed by atoms with E-state index in [-0.39, 0.29) is 11.4 Å². The number of hydrogen-bond donors (Lipinski definition) is 0. The van der Waals surface area contributed by atoms with E-state index in [0.29, 0.717) is 12.8 Å². The quantitative estimate of drug-likeness (QED) is 0.470. The predicted molar refractivity (Wildman–Crippen MR) is 50.3 cm³/mol. The van der Waals surface area contributed by atoms with Gasteiger partial charge in [0.15, 0.2) is 0 Å². The van der Waals surface area contributed by atoms with Crippen molar-refractivity contribution in [1.29, 1.82) is 0 Å². The highest BCUT2D eigenvalue weighted by atomic mass is 16.5. The van der Waals surface area contributed by atoms with Crippen LogP contribution in [0.3, 0.4) is 0 Å². The van der Waals surface area contributed by atoms with Gasteiger partial charge in [0, 0.05) is 11.8 Å². The fraction of sp³-hybridized carbons (Fsp3) is 0.800. The van der Waals surface area contributed by atoms with Crippen LogP contribution >= 0.6 is 0 Å². The summed E-state index contributed by atoms with van der Waals surface area (Å²) in [5.41, 5.74) is -0.358. The maximum atomic E-state index is 10.8. The molecule has 0 N–H and O–H groups in total. The van der Waals surface area contributed by atoms with Crippen LogP contribution in [0.5, 0.6) is 0 Å². The lowest BCUT2D eigenvalue weighted by Gasteiger charge is -2.21. The largest absolute Gasteiger partial charge is 0.469 e. The molecule has 0 aromatic carbocycles. The summed E-state index contributed by atoms with van der Waals surface area (Å²) in [7, 11) is 1.36. The van der Waals surface area contributed by atoms with Crippen molar-refractivity contribution in [2.75, 3.05) is 7.11 Å². The number of hydrogen-bond acceptors (Lipinski definition) is 3. The van der Waals surface area contributed by atoms with E-state index in [2.05, 4.69) is 4.74 Å². The third-order valence-corrected chi connectivity index (χ3v) is 2.23. The Labute approximate surface area is 79.5 Å².